The summed E-state index contributed by atoms with van der Waals surface area (Å²) in [5, 5.41) is 11.7. The van der Waals surface area contributed by atoms with Crippen molar-refractivity contribution in [1.82, 2.24) is 19.8 Å². The van der Waals surface area contributed by atoms with Gasteiger partial charge in [-0.05, 0) is 13.3 Å². The first-order valence-corrected chi connectivity index (χ1v) is 6.76. The van der Waals surface area contributed by atoms with Crippen molar-refractivity contribution in [2.45, 2.75) is 26.8 Å². The molecule has 0 saturated heterocycles. The normalized spacial score (nSPS) is 11.9. The number of hydrogen-bond acceptors (Lipinski definition) is 3. The van der Waals surface area contributed by atoms with E-state index < -0.39 is 11.9 Å². The largest absolute Gasteiger partial charge is 0.481 e. The van der Waals surface area contributed by atoms with Crippen LogP contribution in [0.25, 0.3) is 0 Å². The molecule has 1 aromatic rings. The van der Waals surface area contributed by atoms with Crippen LogP contribution in [0.3, 0.4) is 0 Å². The first-order valence-electron chi connectivity index (χ1n) is 6.76. The molecule has 0 bridgehead atoms. The molecule has 20 heavy (non-hydrogen) atoms. The zero-order valence-electron chi connectivity index (χ0n) is 12.0. The highest BCUT2D eigenvalue weighted by Gasteiger charge is 2.18. The van der Waals surface area contributed by atoms with Crippen molar-refractivity contribution in [3.8, 4) is 0 Å². The third-order valence-electron chi connectivity index (χ3n) is 3.01. The first-order chi connectivity index (χ1) is 9.54. The lowest BCUT2D eigenvalue weighted by Gasteiger charge is -2.23. The van der Waals surface area contributed by atoms with Crippen LogP contribution in [0.5, 0.6) is 0 Å². The van der Waals surface area contributed by atoms with Gasteiger partial charge in [0.25, 0.3) is 0 Å². The van der Waals surface area contributed by atoms with Crippen LogP contribution in [0.4, 0.5) is 4.79 Å². The summed E-state index contributed by atoms with van der Waals surface area (Å²) in [6.45, 7) is 5.48. The molecule has 2 N–H and O–H groups in total. The number of hydrogen-bond donors (Lipinski definition) is 2. The number of aliphatic carboxylic acids is 1. The summed E-state index contributed by atoms with van der Waals surface area (Å²) < 4.78 is 1.94. The lowest BCUT2D eigenvalue weighted by molar-refractivity contribution is -0.141. The van der Waals surface area contributed by atoms with Gasteiger partial charge in [-0.1, -0.05) is 6.92 Å². The van der Waals surface area contributed by atoms with Crippen LogP contribution in [0.1, 0.15) is 20.3 Å². The topological polar surface area (TPSA) is 87.5 Å². The van der Waals surface area contributed by atoms with Crippen LogP contribution in [0.2, 0.25) is 0 Å². The Labute approximate surface area is 118 Å². The Morgan fingerprint density at radius 1 is 1.50 bits per heavy atom. The van der Waals surface area contributed by atoms with E-state index in [0.29, 0.717) is 13.1 Å². The molecule has 0 spiro atoms. The lowest BCUT2D eigenvalue weighted by atomic mass is 10.2. The summed E-state index contributed by atoms with van der Waals surface area (Å²) in [5.41, 5.74) is 0. The monoisotopic (exact) mass is 282 g/mol. The molecule has 2 amide bonds. The molecule has 1 heterocycles. The SMILES string of the molecule is CCN(CC(C)C(=O)O)C(=O)NCCCn1ccnc1. The molecule has 0 aliphatic heterocycles. The molecule has 0 aliphatic rings. The second-order valence-corrected chi connectivity index (χ2v) is 4.66. The van der Waals surface area contributed by atoms with Crippen molar-refractivity contribution in [1.29, 1.82) is 0 Å². The number of carbonyl (C=O) groups is 2. The van der Waals surface area contributed by atoms with Crippen LogP contribution in [-0.4, -0.2) is 51.2 Å². The maximum absolute atomic E-state index is 11.9. The van der Waals surface area contributed by atoms with Crippen LogP contribution in [0, 0.1) is 5.92 Å². The fraction of sp³-hybridized carbons (Fsp3) is 0.615. The highest BCUT2D eigenvalue weighted by atomic mass is 16.4. The molecule has 0 aliphatic carbocycles. The Morgan fingerprint density at radius 3 is 2.80 bits per heavy atom. The number of aryl methyl sites for hydroxylation is 1. The van der Waals surface area contributed by atoms with Crippen LogP contribution < -0.4 is 5.32 Å². The molecule has 1 rings (SSSR count). The summed E-state index contributed by atoms with van der Waals surface area (Å²) in [5.74, 6) is -1.46. The van der Waals surface area contributed by atoms with Gasteiger partial charge in [0.1, 0.15) is 0 Å². The summed E-state index contributed by atoms with van der Waals surface area (Å²) in [4.78, 5) is 28.1. The fourth-order valence-electron chi connectivity index (χ4n) is 1.75. The number of urea groups is 1. The molecule has 112 valence electrons. The van der Waals surface area contributed by atoms with Gasteiger partial charge in [-0.2, -0.15) is 0 Å². The molecule has 7 nitrogen and oxygen atoms in total. The Kier molecular flexibility index (Phi) is 6.55. The smallest absolute Gasteiger partial charge is 0.317 e. The van der Waals surface area contributed by atoms with Crippen molar-refractivity contribution in [3.05, 3.63) is 18.7 Å². The zero-order valence-corrected chi connectivity index (χ0v) is 12.0. The van der Waals surface area contributed by atoms with E-state index in [4.69, 9.17) is 5.11 Å². The number of imidazole rings is 1. The van der Waals surface area contributed by atoms with Gasteiger partial charge >= 0.3 is 12.0 Å². The van der Waals surface area contributed by atoms with Gasteiger partial charge in [0.2, 0.25) is 0 Å². The molecule has 0 saturated carbocycles. The van der Waals surface area contributed by atoms with E-state index in [-0.39, 0.29) is 12.6 Å². The Bertz CT molecular complexity index is 419. The molecule has 7 heteroatoms. The average Bonchev–Trinajstić information content (AvgIpc) is 2.93. The van der Waals surface area contributed by atoms with Crippen molar-refractivity contribution in [2.75, 3.05) is 19.6 Å². The van der Waals surface area contributed by atoms with Gasteiger partial charge < -0.3 is 19.9 Å². The summed E-state index contributed by atoms with van der Waals surface area (Å²) in [6.07, 6.45) is 6.11. The third kappa shape index (κ3) is 5.29. The molecule has 0 fully saturated rings. The van der Waals surface area contributed by atoms with Crippen LogP contribution in [-0.2, 0) is 11.3 Å². The van der Waals surface area contributed by atoms with Crippen LogP contribution >= 0.6 is 0 Å². The average molecular weight is 282 g/mol. The van der Waals surface area contributed by atoms with Crippen LogP contribution in [0.15, 0.2) is 18.7 Å². The molecule has 1 unspecified atom stereocenters. The number of aromatic nitrogens is 2. The molecule has 1 atom stereocenters. The minimum absolute atomic E-state index is 0.216. The zero-order chi connectivity index (χ0) is 15.0. The van der Waals surface area contributed by atoms with E-state index in [1.807, 2.05) is 17.7 Å². The van der Waals surface area contributed by atoms with E-state index in [1.54, 1.807) is 19.4 Å². The summed E-state index contributed by atoms with van der Waals surface area (Å²) in [7, 11) is 0. The first kappa shape index (κ1) is 16.0. The van der Waals surface area contributed by atoms with E-state index in [0.717, 1.165) is 13.0 Å². The Morgan fingerprint density at radius 2 is 2.25 bits per heavy atom. The highest BCUT2D eigenvalue weighted by molar-refractivity contribution is 5.75. The number of carbonyl (C=O) groups excluding carboxylic acids is 1. The van der Waals surface area contributed by atoms with Gasteiger partial charge in [0.05, 0.1) is 12.2 Å². The Hall–Kier alpha value is -2.05. The molecule has 0 aromatic carbocycles. The van der Waals surface area contributed by atoms with Crippen molar-refractivity contribution in [2.24, 2.45) is 5.92 Å². The Balaban J connectivity index is 2.26. The van der Waals surface area contributed by atoms with E-state index >= 15 is 0 Å². The summed E-state index contributed by atoms with van der Waals surface area (Å²) >= 11 is 0. The second kappa shape index (κ2) is 8.19. The highest BCUT2D eigenvalue weighted by Crippen LogP contribution is 2.00. The number of nitrogens with zero attached hydrogens (tertiary/aromatic N) is 3. The van der Waals surface area contributed by atoms with Gasteiger partial charge in [0, 0.05) is 38.6 Å². The number of carboxylic acid groups (broad SMARTS) is 1. The quantitative estimate of drug-likeness (QED) is 0.697. The van der Waals surface area contributed by atoms with E-state index in [9.17, 15) is 9.59 Å². The number of carboxylic acids is 1. The number of nitrogens with one attached hydrogen (secondary N) is 1. The van der Waals surface area contributed by atoms with Gasteiger partial charge in [-0.25, -0.2) is 9.78 Å². The van der Waals surface area contributed by atoms with Crippen molar-refractivity contribution >= 4 is 12.0 Å². The van der Waals surface area contributed by atoms with E-state index in [1.165, 1.54) is 4.90 Å². The lowest BCUT2D eigenvalue weighted by Crippen LogP contribution is -2.43. The molecule has 0 radical (unpaired) electrons. The van der Waals surface area contributed by atoms with Crippen molar-refractivity contribution < 1.29 is 14.7 Å². The van der Waals surface area contributed by atoms with E-state index in [2.05, 4.69) is 10.3 Å². The molecular weight excluding hydrogens is 260 g/mol. The van der Waals surface area contributed by atoms with Gasteiger partial charge in [-0.15, -0.1) is 0 Å². The maximum atomic E-state index is 11.9. The number of amides is 2. The molecule has 1 aromatic heterocycles. The summed E-state index contributed by atoms with van der Waals surface area (Å²) in [6, 6.07) is -0.216. The minimum Gasteiger partial charge on any atom is -0.481 e. The standard InChI is InChI=1S/C13H22N4O3/c1-3-17(9-11(2)12(18)19)13(20)15-5-4-7-16-8-6-14-10-16/h6,8,10-11H,3-5,7,9H2,1-2H3,(H,15,20)(H,18,19). The minimum atomic E-state index is -0.892. The maximum Gasteiger partial charge on any atom is 0.317 e. The molecular formula is C13H22N4O3. The predicted molar refractivity (Wildman–Crippen MR) is 74.3 cm³/mol. The number of rotatable bonds is 8. The third-order valence-corrected chi connectivity index (χ3v) is 3.01. The fourth-order valence-corrected chi connectivity index (χ4v) is 1.75. The second-order valence-electron chi connectivity index (χ2n) is 4.66. The van der Waals surface area contributed by atoms with Gasteiger partial charge in [-0.3, -0.25) is 4.79 Å². The van der Waals surface area contributed by atoms with Crippen molar-refractivity contribution in [3.63, 3.8) is 0 Å². The predicted octanol–water partition coefficient (Wildman–Crippen LogP) is 1.03. The van der Waals surface area contributed by atoms with Gasteiger partial charge in [0.15, 0.2) is 0 Å².